The number of carbonyl (C=O) groups is 1. The standard InChI is InChI=1S/C13H20N4O2/c18-13(14-7-11-2-1-5-19-11)9-17-4-3-12-10(8-17)6-15-16-12/h6,11H,1-5,7-9H2,(H,14,18)(H,15,16)/t11-/m1/s1. The van der Waals surface area contributed by atoms with Crippen LogP contribution in [-0.2, 0) is 22.5 Å². The third kappa shape index (κ3) is 3.13. The number of aromatic nitrogens is 2. The van der Waals surface area contributed by atoms with E-state index in [2.05, 4.69) is 20.4 Å². The molecule has 0 aliphatic carbocycles. The van der Waals surface area contributed by atoms with E-state index in [0.29, 0.717) is 13.1 Å². The van der Waals surface area contributed by atoms with E-state index >= 15 is 0 Å². The first-order valence-electron chi connectivity index (χ1n) is 6.93. The lowest BCUT2D eigenvalue weighted by atomic mass is 10.1. The number of nitrogens with zero attached hydrogens (tertiary/aromatic N) is 2. The number of rotatable bonds is 4. The monoisotopic (exact) mass is 264 g/mol. The van der Waals surface area contributed by atoms with Crippen LogP contribution in [0.3, 0.4) is 0 Å². The van der Waals surface area contributed by atoms with Gasteiger partial charge in [-0.2, -0.15) is 5.10 Å². The smallest absolute Gasteiger partial charge is 0.234 e. The summed E-state index contributed by atoms with van der Waals surface area (Å²) in [6.45, 7) is 3.64. The number of amides is 1. The molecule has 6 nitrogen and oxygen atoms in total. The topological polar surface area (TPSA) is 70.2 Å². The first-order chi connectivity index (χ1) is 9.31. The summed E-state index contributed by atoms with van der Waals surface area (Å²) < 4.78 is 5.49. The van der Waals surface area contributed by atoms with E-state index in [0.717, 1.165) is 39.0 Å². The number of hydrogen-bond donors (Lipinski definition) is 2. The van der Waals surface area contributed by atoms with Gasteiger partial charge in [0.15, 0.2) is 0 Å². The summed E-state index contributed by atoms with van der Waals surface area (Å²) in [4.78, 5) is 14.0. The van der Waals surface area contributed by atoms with Crippen molar-refractivity contribution in [2.45, 2.75) is 31.9 Å². The molecule has 0 aromatic carbocycles. The Morgan fingerprint density at radius 2 is 2.58 bits per heavy atom. The van der Waals surface area contributed by atoms with Crippen LogP contribution in [0.25, 0.3) is 0 Å². The molecule has 1 amide bonds. The first kappa shape index (κ1) is 12.6. The molecule has 2 aliphatic rings. The van der Waals surface area contributed by atoms with E-state index in [4.69, 9.17) is 4.74 Å². The molecule has 0 spiro atoms. The van der Waals surface area contributed by atoms with Crippen molar-refractivity contribution in [1.29, 1.82) is 0 Å². The van der Waals surface area contributed by atoms with Gasteiger partial charge in [0, 0.05) is 43.9 Å². The van der Waals surface area contributed by atoms with Crippen molar-refractivity contribution in [2.75, 3.05) is 26.2 Å². The van der Waals surface area contributed by atoms with Gasteiger partial charge in [0.1, 0.15) is 0 Å². The number of aromatic amines is 1. The van der Waals surface area contributed by atoms with Gasteiger partial charge >= 0.3 is 0 Å². The second kappa shape index (κ2) is 5.71. The lowest BCUT2D eigenvalue weighted by molar-refractivity contribution is -0.123. The molecular formula is C13H20N4O2. The van der Waals surface area contributed by atoms with E-state index in [1.165, 1.54) is 11.3 Å². The minimum absolute atomic E-state index is 0.0856. The van der Waals surface area contributed by atoms with Crippen molar-refractivity contribution in [3.8, 4) is 0 Å². The van der Waals surface area contributed by atoms with E-state index in [9.17, 15) is 4.79 Å². The van der Waals surface area contributed by atoms with Crippen LogP contribution in [-0.4, -0.2) is 53.3 Å². The van der Waals surface area contributed by atoms with E-state index in [-0.39, 0.29) is 12.0 Å². The van der Waals surface area contributed by atoms with Crippen molar-refractivity contribution in [1.82, 2.24) is 20.4 Å². The van der Waals surface area contributed by atoms with Crippen molar-refractivity contribution in [3.63, 3.8) is 0 Å². The fraction of sp³-hybridized carbons (Fsp3) is 0.692. The number of ether oxygens (including phenoxy) is 1. The number of carbonyl (C=O) groups excluding carboxylic acids is 1. The zero-order valence-electron chi connectivity index (χ0n) is 11.0. The average molecular weight is 264 g/mol. The molecule has 6 heteroatoms. The zero-order chi connectivity index (χ0) is 13.1. The van der Waals surface area contributed by atoms with Gasteiger partial charge in [0.05, 0.1) is 18.8 Å². The van der Waals surface area contributed by atoms with Gasteiger partial charge in [-0.25, -0.2) is 0 Å². The van der Waals surface area contributed by atoms with Crippen LogP contribution in [0.1, 0.15) is 24.1 Å². The van der Waals surface area contributed by atoms with E-state index in [1.807, 2.05) is 6.20 Å². The number of nitrogens with one attached hydrogen (secondary N) is 2. The molecule has 0 bridgehead atoms. The molecule has 3 rings (SSSR count). The van der Waals surface area contributed by atoms with Gasteiger partial charge in [-0.1, -0.05) is 0 Å². The molecular weight excluding hydrogens is 244 g/mol. The second-order valence-electron chi connectivity index (χ2n) is 5.27. The predicted molar refractivity (Wildman–Crippen MR) is 69.6 cm³/mol. The second-order valence-corrected chi connectivity index (χ2v) is 5.27. The summed E-state index contributed by atoms with van der Waals surface area (Å²) in [5.41, 5.74) is 2.41. The minimum atomic E-state index is 0.0856. The van der Waals surface area contributed by atoms with Crippen LogP contribution < -0.4 is 5.32 Å². The predicted octanol–water partition coefficient (Wildman–Crippen LogP) is 0.0630. The Balaban J connectivity index is 1.42. The van der Waals surface area contributed by atoms with Crippen molar-refractivity contribution in [3.05, 3.63) is 17.5 Å². The lowest BCUT2D eigenvalue weighted by Crippen LogP contribution is -2.41. The highest BCUT2D eigenvalue weighted by Gasteiger charge is 2.21. The number of H-pyrrole nitrogens is 1. The molecule has 1 saturated heterocycles. The molecule has 2 N–H and O–H groups in total. The van der Waals surface area contributed by atoms with Gasteiger partial charge in [-0.05, 0) is 12.8 Å². The summed E-state index contributed by atoms with van der Waals surface area (Å²) in [5.74, 6) is 0.0856. The molecule has 104 valence electrons. The highest BCUT2D eigenvalue weighted by Crippen LogP contribution is 2.15. The average Bonchev–Trinajstić information content (AvgIpc) is 3.07. The summed E-state index contributed by atoms with van der Waals surface area (Å²) in [7, 11) is 0. The molecule has 1 aromatic heterocycles. The summed E-state index contributed by atoms with van der Waals surface area (Å²) in [6, 6.07) is 0. The van der Waals surface area contributed by atoms with Crippen LogP contribution in [0.2, 0.25) is 0 Å². The first-order valence-corrected chi connectivity index (χ1v) is 6.93. The van der Waals surface area contributed by atoms with Crippen molar-refractivity contribution >= 4 is 5.91 Å². The van der Waals surface area contributed by atoms with Gasteiger partial charge in [-0.15, -0.1) is 0 Å². The summed E-state index contributed by atoms with van der Waals surface area (Å²) in [5, 5.41) is 10.00. The van der Waals surface area contributed by atoms with Gasteiger partial charge in [-0.3, -0.25) is 14.8 Å². The molecule has 2 aliphatic heterocycles. The van der Waals surface area contributed by atoms with Crippen molar-refractivity contribution < 1.29 is 9.53 Å². The Morgan fingerprint density at radius 1 is 1.63 bits per heavy atom. The zero-order valence-corrected chi connectivity index (χ0v) is 11.0. The third-order valence-electron chi connectivity index (χ3n) is 3.80. The molecule has 1 atom stereocenters. The molecule has 1 fully saturated rings. The Morgan fingerprint density at radius 3 is 3.42 bits per heavy atom. The SMILES string of the molecule is O=C(CN1CCc2[nH]ncc2C1)NC[C@H]1CCCO1. The molecule has 1 aromatic rings. The fourth-order valence-corrected chi connectivity index (χ4v) is 2.71. The highest BCUT2D eigenvalue weighted by atomic mass is 16.5. The van der Waals surface area contributed by atoms with Crippen molar-refractivity contribution in [2.24, 2.45) is 0 Å². The van der Waals surface area contributed by atoms with Gasteiger partial charge < -0.3 is 10.1 Å². The highest BCUT2D eigenvalue weighted by molar-refractivity contribution is 5.78. The molecule has 0 unspecified atom stereocenters. The molecule has 3 heterocycles. The number of hydrogen-bond acceptors (Lipinski definition) is 4. The molecule has 19 heavy (non-hydrogen) atoms. The molecule has 0 radical (unpaired) electrons. The van der Waals surface area contributed by atoms with Crippen LogP contribution in [0, 0.1) is 0 Å². The van der Waals surface area contributed by atoms with Crippen LogP contribution in [0.15, 0.2) is 6.20 Å². The van der Waals surface area contributed by atoms with Gasteiger partial charge in [0.25, 0.3) is 0 Å². The largest absolute Gasteiger partial charge is 0.376 e. The Hall–Kier alpha value is -1.40. The fourth-order valence-electron chi connectivity index (χ4n) is 2.71. The summed E-state index contributed by atoms with van der Waals surface area (Å²) >= 11 is 0. The maximum absolute atomic E-state index is 11.9. The summed E-state index contributed by atoms with van der Waals surface area (Å²) in [6.07, 6.45) is 5.17. The normalized spacial score (nSPS) is 23.3. The Kier molecular flexibility index (Phi) is 3.79. The maximum Gasteiger partial charge on any atom is 0.234 e. The molecule has 0 saturated carbocycles. The van der Waals surface area contributed by atoms with E-state index in [1.54, 1.807) is 0 Å². The lowest BCUT2D eigenvalue weighted by Gasteiger charge is -2.25. The van der Waals surface area contributed by atoms with Gasteiger partial charge in [0.2, 0.25) is 5.91 Å². The van der Waals surface area contributed by atoms with E-state index < -0.39 is 0 Å². The minimum Gasteiger partial charge on any atom is -0.376 e. The number of fused-ring (bicyclic) bond motifs is 1. The third-order valence-corrected chi connectivity index (χ3v) is 3.80. The maximum atomic E-state index is 11.9. The Labute approximate surface area is 112 Å². The van der Waals surface area contributed by atoms with Crippen LogP contribution in [0.4, 0.5) is 0 Å². The Bertz CT molecular complexity index is 440. The quantitative estimate of drug-likeness (QED) is 0.807. The van der Waals surface area contributed by atoms with Crippen LogP contribution >= 0.6 is 0 Å². The van der Waals surface area contributed by atoms with Crippen LogP contribution in [0.5, 0.6) is 0 Å².